The van der Waals surface area contributed by atoms with Crippen LogP contribution in [0.15, 0.2) is 54.8 Å². The molecule has 1 heterocycles. The van der Waals surface area contributed by atoms with E-state index in [4.69, 9.17) is 14.6 Å². The first-order chi connectivity index (χ1) is 14.3. The van der Waals surface area contributed by atoms with Crippen molar-refractivity contribution in [2.24, 2.45) is 5.41 Å². The molecule has 0 saturated carbocycles. The van der Waals surface area contributed by atoms with Crippen LogP contribution in [0.25, 0.3) is 0 Å². The molecule has 1 aliphatic heterocycles. The fourth-order valence-corrected chi connectivity index (χ4v) is 3.69. The standard InChI is InChI=1S/C23H35NO2.C2H4O2/c1-4-6-7-11-16-23(3,22(25)24-17-12-13-18-24)19-20(5-2)26-21-14-9-8-10-15-21;1-2(3)4/h5,8-10,14-15,19,22,25H,2,4,6-7,11-13,16-18H2,1,3H3;1H3,(H,3,4)/b20-19+;/t22?,23-;/m1./s1. The third-order valence-electron chi connectivity index (χ3n) is 5.30. The first kappa shape index (κ1) is 25.9. The number of benzene rings is 1. The number of carboxylic acid groups (broad SMARTS) is 1. The van der Waals surface area contributed by atoms with Crippen molar-refractivity contribution in [1.82, 2.24) is 4.90 Å². The predicted molar refractivity (Wildman–Crippen MR) is 122 cm³/mol. The Hall–Kier alpha value is -2.11. The van der Waals surface area contributed by atoms with E-state index in [1.165, 1.54) is 32.1 Å². The van der Waals surface area contributed by atoms with Crippen molar-refractivity contribution in [3.8, 4) is 5.75 Å². The lowest BCUT2D eigenvalue weighted by Crippen LogP contribution is -2.44. The average Bonchev–Trinajstić information content (AvgIpc) is 3.25. The van der Waals surface area contributed by atoms with Crippen molar-refractivity contribution in [2.45, 2.75) is 71.9 Å². The van der Waals surface area contributed by atoms with E-state index in [0.29, 0.717) is 5.76 Å². The van der Waals surface area contributed by atoms with Crippen LogP contribution >= 0.6 is 0 Å². The van der Waals surface area contributed by atoms with Crippen molar-refractivity contribution in [1.29, 1.82) is 0 Å². The van der Waals surface area contributed by atoms with Gasteiger partial charge in [0.25, 0.3) is 5.97 Å². The Morgan fingerprint density at radius 2 is 1.83 bits per heavy atom. The molecule has 0 aromatic heterocycles. The van der Waals surface area contributed by atoms with E-state index in [9.17, 15) is 5.11 Å². The monoisotopic (exact) mass is 417 g/mol. The molecule has 2 rings (SSSR count). The van der Waals surface area contributed by atoms with Crippen LogP contribution in [0.2, 0.25) is 0 Å². The van der Waals surface area contributed by atoms with Crippen LogP contribution in [0.1, 0.15) is 65.7 Å². The molecule has 168 valence electrons. The Balaban J connectivity index is 0.00000103. The fraction of sp³-hybridized carbons (Fsp3) is 0.560. The van der Waals surface area contributed by atoms with Crippen LogP contribution in [0.3, 0.4) is 0 Å². The topological polar surface area (TPSA) is 70.0 Å². The summed E-state index contributed by atoms with van der Waals surface area (Å²) in [6.45, 7) is 11.3. The number of unbranched alkanes of at least 4 members (excludes halogenated alkanes) is 3. The van der Waals surface area contributed by atoms with Gasteiger partial charge < -0.3 is 14.9 Å². The predicted octanol–water partition coefficient (Wildman–Crippen LogP) is 5.62. The molecule has 1 aromatic carbocycles. The van der Waals surface area contributed by atoms with Gasteiger partial charge in [-0.25, -0.2) is 0 Å². The van der Waals surface area contributed by atoms with E-state index in [2.05, 4.69) is 31.4 Å². The van der Waals surface area contributed by atoms with E-state index in [0.717, 1.165) is 38.6 Å². The smallest absolute Gasteiger partial charge is 0.300 e. The molecule has 1 aliphatic rings. The second-order valence-electron chi connectivity index (χ2n) is 8.12. The molecule has 1 fully saturated rings. The number of aliphatic carboxylic acids is 1. The zero-order valence-corrected chi connectivity index (χ0v) is 18.8. The van der Waals surface area contributed by atoms with Crippen LogP contribution in [-0.4, -0.2) is 40.4 Å². The van der Waals surface area contributed by atoms with Gasteiger partial charge in [0.05, 0.1) is 0 Å². The number of hydrogen-bond donors (Lipinski definition) is 2. The second-order valence-corrected chi connectivity index (χ2v) is 8.12. The number of hydrogen-bond acceptors (Lipinski definition) is 4. The van der Waals surface area contributed by atoms with Gasteiger partial charge in [-0.3, -0.25) is 9.69 Å². The molecule has 0 amide bonds. The van der Waals surface area contributed by atoms with Crippen LogP contribution in [-0.2, 0) is 4.79 Å². The number of carboxylic acids is 1. The highest BCUT2D eigenvalue weighted by molar-refractivity contribution is 5.62. The third-order valence-corrected chi connectivity index (χ3v) is 5.30. The molecular formula is C25H39NO4. The number of para-hydroxylation sites is 1. The zero-order chi connectivity index (χ0) is 22.4. The van der Waals surface area contributed by atoms with Crippen molar-refractivity contribution in [2.75, 3.05) is 13.1 Å². The van der Waals surface area contributed by atoms with E-state index in [1.807, 2.05) is 30.3 Å². The highest BCUT2D eigenvalue weighted by atomic mass is 16.5. The normalized spacial score (nSPS) is 17.4. The van der Waals surface area contributed by atoms with E-state index >= 15 is 0 Å². The molecule has 1 unspecified atom stereocenters. The van der Waals surface area contributed by atoms with Crippen molar-refractivity contribution in [3.05, 3.63) is 54.8 Å². The molecule has 0 aliphatic carbocycles. The second kappa shape index (κ2) is 14.0. The molecule has 5 nitrogen and oxygen atoms in total. The van der Waals surface area contributed by atoms with Gasteiger partial charge in [0.15, 0.2) is 0 Å². The van der Waals surface area contributed by atoms with Crippen LogP contribution < -0.4 is 4.74 Å². The lowest BCUT2D eigenvalue weighted by molar-refractivity contribution is -0.134. The number of ether oxygens (including phenoxy) is 1. The van der Waals surface area contributed by atoms with Gasteiger partial charge in [0, 0.05) is 25.4 Å². The minimum Gasteiger partial charge on any atom is -0.481 e. The summed E-state index contributed by atoms with van der Waals surface area (Å²) in [7, 11) is 0. The Morgan fingerprint density at radius 3 is 2.37 bits per heavy atom. The van der Waals surface area contributed by atoms with E-state index < -0.39 is 12.2 Å². The molecule has 0 radical (unpaired) electrons. The first-order valence-electron chi connectivity index (χ1n) is 11.0. The van der Waals surface area contributed by atoms with Crippen molar-refractivity contribution in [3.63, 3.8) is 0 Å². The summed E-state index contributed by atoms with van der Waals surface area (Å²) >= 11 is 0. The Kier molecular flexibility index (Phi) is 12.1. The van der Waals surface area contributed by atoms with Crippen LogP contribution in [0.4, 0.5) is 0 Å². The summed E-state index contributed by atoms with van der Waals surface area (Å²) < 4.78 is 6.01. The Morgan fingerprint density at radius 1 is 1.23 bits per heavy atom. The van der Waals surface area contributed by atoms with Gasteiger partial charge >= 0.3 is 0 Å². The van der Waals surface area contributed by atoms with Gasteiger partial charge in [-0.15, -0.1) is 0 Å². The lowest BCUT2D eigenvalue weighted by atomic mass is 9.81. The molecule has 2 N–H and O–H groups in total. The quantitative estimate of drug-likeness (QED) is 0.278. The minimum atomic E-state index is -0.833. The summed E-state index contributed by atoms with van der Waals surface area (Å²) in [5.41, 5.74) is -0.351. The number of rotatable bonds is 11. The zero-order valence-electron chi connectivity index (χ0n) is 18.8. The molecule has 1 saturated heterocycles. The highest BCUT2D eigenvalue weighted by Crippen LogP contribution is 2.35. The van der Waals surface area contributed by atoms with E-state index in [1.54, 1.807) is 6.08 Å². The van der Waals surface area contributed by atoms with E-state index in [-0.39, 0.29) is 5.41 Å². The summed E-state index contributed by atoms with van der Waals surface area (Å²) in [4.78, 5) is 11.2. The SMILES string of the molecule is C=C/C(=C\[C@@](C)(CCCCCC)C(O)N1CCCC1)Oc1ccccc1.CC(=O)O. The van der Waals surface area contributed by atoms with Gasteiger partial charge in [0.2, 0.25) is 0 Å². The Bertz CT molecular complexity index is 648. The number of allylic oxidation sites excluding steroid dienone is 1. The number of likely N-dealkylation sites (tertiary alicyclic amines) is 1. The van der Waals surface area contributed by atoms with Gasteiger partial charge in [-0.1, -0.05) is 64.3 Å². The summed E-state index contributed by atoms with van der Waals surface area (Å²) in [5, 5.41) is 18.5. The number of aliphatic hydroxyl groups is 1. The largest absolute Gasteiger partial charge is 0.481 e. The maximum absolute atomic E-state index is 11.1. The summed E-state index contributed by atoms with van der Waals surface area (Å²) in [6.07, 6.45) is 11.4. The fourth-order valence-electron chi connectivity index (χ4n) is 3.69. The highest BCUT2D eigenvalue weighted by Gasteiger charge is 2.36. The van der Waals surface area contributed by atoms with Gasteiger partial charge in [-0.2, -0.15) is 0 Å². The third kappa shape index (κ3) is 9.59. The minimum absolute atomic E-state index is 0.351. The molecule has 30 heavy (non-hydrogen) atoms. The maximum atomic E-state index is 11.1. The van der Waals surface area contributed by atoms with Crippen molar-refractivity contribution < 1.29 is 19.7 Å². The molecular weight excluding hydrogens is 378 g/mol. The molecule has 1 aromatic rings. The molecule has 0 bridgehead atoms. The van der Waals surface area contributed by atoms with Gasteiger partial charge in [0.1, 0.15) is 17.7 Å². The number of aliphatic hydroxyl groups excluding tert-OH is 1. The molecule has 2 atom stereocenters. The first-order valence-corrected chi connectivity index (χ1v) is 11.0. The number of nitrogens with zero attached hydrogens (tertiary/aromatic N) is 1. The maximum Gasteiger partial charge on any atom is 0.300 e. The number of carbonyl (C=O) groups is 1. The average molecular weight is 418 g/mol. The van der Waals surface area contributed by atoms with Crippen LogP contribution in [0, 0.1) is 5.41 Å². The van der Waals surface area contributed by atoms with Gasteiger partial charge in [-0.05, 0) is 43.5 Å². The van der Waals surface area contributed by atoms with Crippen molar-refractivity contribution >= 4 is 5.97 Å². The summed E-state index contributed by atoms with van der Waals surface area (Å²) in [6, 6.07) is 9.76. The molecule has 5 heteroatoms. The molecule has 0 spiro atoms. The summed E-state index contributed by atoms with van der Waals surface area (Å²) in [5.74, 6) is 0.676. The lowest BCUT2D eigenvalue weighted by Gasteiger charge is -2.38. The Labute approximate surface area is 182 Å². The van der Waals surface area contributed by atoms with Crippen LogP contribution in [0.5, 0.6) is 5.75 Å².